The molecule has 0 bridgehead atoms. The number of hydrogen-bond donors (Lipinski definition) is 2. The number of nitrogens with two attached hydrogens (primary N) is 1. The molecular formula is C14H20N6O3. The Bertz CT molecular complexity index is 728. The van der Waals surface area contributed by atoms with Gasteiger partial charge in [0.2, 0.25) is 5.91 Å². The van der Waals surface area contributed by atoms with Crippen LogP contribution in [0.4, 0.5) is 5.82 Å². The molecule has 0 spiro atoms. The zero-order chi connectivity index (χ0) is 16.6. The standard InChI is InChI=1S/C14H20N6O3/c1-14(22)6-19(10(21)5-23-2)4-3-9(14)20-8-18-11-12(15)16-7-17-13(11)20/h7-9,22H,3-6H2,1-2H3,(H2,15,16,17)/t9-,14-/m1/s1. The summed E-state index contributed by atoms with van der Waals surface area (Å²) in [5, 5.41) is 10.9. The number of imidazole rings is 1. The van der Waals surface area contributed by atoms with Gasteiger partial charge in [0.25, 0.3) is 0 Å². The molecule has 9 nitrogen and oxygen atoms in total. The van der Waals surface area contributed by atoms with E-state index in [1.54, 1.807) is 18.2 Å². The molecule has 0 radical (unpaired) electrons. The van der Waals surface area contributed by atoms with E-state index in [0.717, 1.165) is 0 Å². The van der Waals surface area contributed by atoms with Crippen molar-refractivity contribution >= 4 is 22.9 Å². The van der Waals surface area contributed by atoms with E-state index in [9.17, 15) is 9.90 Å². The summed E-state index contributed by atoms with van der Waals surface area (Å²) >= 11 is 0. The van der Waals surface area contributed by atoms with Crippen LogP contribution in [-0.2, 0) is 9.53 Å². The lowest BCUT2D eigenvalue weighted by Crippen LogP contribution is -2.54. The summed E-state index contributed by atoms with van der Waals surface area (Å²) in [5.74, 6) is 0.175. The number of hydrogen-bond acceptors (Lipinski definition) is 7. The van der Waals surface area contributed by atoms with Gasteiger partial charge < -0.3 is 25.0 Å². The van der Waals surface area contributed by atoms with Crippen molar-refractivity contribution in [2.75, 3.05) is 32.5 Å². The highest BCUT2D eigenvalue weighted by molar-refractivity contribution is 5.81. The largest absolute Gasteiger partial charge is 0.386 e. The summed E-state index contributed by atoms with van der Waals surface area (Å²) in [6, 6.07) is -0.256. The Morgan fingerprint density at radius 2 is 2.30 bits per heavy atom. The summed E-state index contributed by atoms with van der Waals surface area (Å²) < 4.78 is 6.69. The van der Waals surface area contributed by atoms with Crippen molar-refractivity contribution in [2.24, 2.45) is 0 Å². The maximum Gasteiger partial charge on any atom is 0.248 e. The second kappa shape index (κ2) is 5.74. The van der Waals surface area contributed by atoms with Crippen LogP contribution in [0.1, 0.15) is 19.4 Å². The maximum atomic E-state index is 12.0. The van der Waals surface area contributed by atoms with E-state index in [-0.39, 0.29) is 25.1 Å². The first-order chi connectivity index (χ1) is 10.9. The number of likely N-dealkylation sites (tertiary alicyclic amines) is 1. The van der Waals surface area contributed by atoms with Gasteiger partial charge >= 0.3 is 0 Å². The number of methoxy groups -OCH3 is 1. The number of β-amino-alcohol motifs (C(OH)–C–C–N with tert-alkyl or cyclic N) is 1. The van der Waals surface area contributed by atoms with Gasteiger partial charge in [-0.2, -0.15) is 0 Å². The van der Waals surface area contributed by atoms with Crippen molar-refractivity contribution < 1.29 is 14.6 Å². The van der Waals surface area contributed by atoms with Gasteiger partial charge in [-0.05, 0) is 13.3 Å². The fourth-order valence-corrected chi connectivity index (χ4v) is 3.12. The fourth-order valence-electron chi connectivity index (χ4n) is 3.12. The molecule has 9 heteroatoms. The Hall–Kier alpha value is -2.26. The third-order valence-corrected chi connectivity index (χ3v) is 4.24. The number of aliphatic hydroxyl groups is 1. The maximum absolute atomic E-state index is 12.0. The normalized spacial score (nSPS) is 25.0. The highest BCUT2D eigenvalue weighted by atomic mass is 16.5. The van der Waals surface area contributed by atoms with Crippen molar-refractivity contribution in [1.82, 2.24) is 24.4 Å². The van der Waals surface area contributed by atoms with E-state index < -0.39 is 5.60 Å². The number of anilines is 1. The Morgan fingerprint density at radius 1 is 1.52 bits per heavy atom. The molecule has 1 aliphatic rings. The van der Waals surface area contributed by atoms with Gasteiger partial charge in [-0.25, -0.2) is 15.0 Å². The molecule has 3 rings (SSSR count). The second-order valence-corrected chi connectivity index (χ2v) is 5.99. The molecule has 1 fully saturated rings. The quantitative estimate of drug-likeness (QED) is 0.788. The van der Waals surface area contributed by atoms with Gasteiger partial charge in [-0.1, -0.05) is 0 Å². The summed E-state index contributed by atoms with van der Waals surface area (Å²) in [7, 11) is 1.48. The van der Waals surface area contributed by atoms with Gasteiger partial charge in [0.05, 0.1) is 18.9 Å². The highest BCUT2D eigenvalue weighted by Gasteiger charge is 2.41. The van der Waals surface area contributed by atoms with Crippen LogP contribution < -0.4 is 5.73 Å². The molecule has 2 aromatic heterocycles. The molecule has 23 heavy (non-hydrogen) atoms. The van der Waals surface area contributed by atoms with Crippen LogP contribution in [-0.4, -0.2) is 67.8 Å². The van der Waals surface area contributed by atoms with Crippen LogP contribution in [0.25, 0.3) is 11.2 Å². The predicted molar refractivity (Wildman–Crippen MR) is 82.5 cm³/mol. The van der Waals surface area contributed by atoms with E-state index in [4.69, 9.17) is 10.5 Å². The van der Waals surface area contributed by atoms with Crippen LogP contribution in [0.2, 0.25) is 0 Å². The Kier molecular flexibility index (Phi) is 3.90. The number of carbonyl (C=O) groups is 1. The SMILES string of the molecule is COCC(=O)N1CC[C@@H](n2cnc3c(N)ncnc32)[C@](C)(O)C1. The lowest BCUT2D eigenvalue weighted by molar-refractivity contribution is -0.144. The molecule has 1 amide bonds. The van der Waals surface area contributed by atoms with Crippen LogP contribution >= 0.6 is 0 Å². The van der Waals surface area contributed by atoms with Crippen molar-refractivity contribution in [3.8, 4) is 0 Å². The first-order valence-corrected chi connectivity index (χ1v) is 7.36. The van der Waals surface area contributed by atoms with Gasteiger partial charge in [-0.15, -0.1) is 0 Å². The minimum atomic E-state index is -1.12. The Balaban J connectivity index is 1.89. The molecule has 3 heterocycles. The van der Waals surface area contributed by atoms with E-state index in [1.165, 1.54) is 13.4 Å². The molecule has 0 saturated carbocycles. The first-order valence-electron chi connectivity index (χ1n) is 7.36. The number of nitrogen functional groups attached to an aromatic ring is 1. The number of fused-ring (bicyclic) bond motifs is 1. The number of nitrogens with zero attached hydrogens (tertiary/aromatic N) is 5. The summed E-state index contributed by atoms with van der Waals surface area (Å²) in [6.07, 6.45) is 3.57. The minimum Gasteiger partial charge on any atom is -0.386 e. The minimum absolute atomic E-state index is 0.0124. The molecule has 124 valence electrons. The lowest BCUT2D eigenvalue weighted by Gasteiger charge is -2.43. The Morgan fingerprint density at radius 3 is 3.00 bits per heavy atom. The van der Waals surface area contributed by atoms with Gasteiger partial charge in [0, 0.05) is 13.7 Å². The molecule has 3 N–H and O–H groups in total. The molecule has 1 saturated heterocycles. The highest BCUT2D eigenvalue weighted by Crippen LogP contribution is 2.34. The summed E-state index contributed by atoms with van der Waals surface area (Å²) in [6.45, 7) is 2.47. The van der Waals surface area contributed by atoms with E-state index in [0.29, 0.717) is 29.9 Å². The number of rotatable bonds is 3. The summed E-state index contributed by atoms with van der Waals surface area (Å²) in [5.41, 5.74) is 5.79. The van der Waals surface area contributed by atoms with Crippen molar-refractivity contribution in [3.63, 3.8) is 0 Å². The average Bonchev–Trinajstić information content (AvgIpc) is 2.91. The Labute approximate surface area is 133 Å². The molecule has 2 atom stereocenters. The number of amides is 1. The van der Waals surface area contributed by atoms with Crippen molar-refractivity contribution in [3.05, 3.63) is 12.7 Å². The van der Waals surface area contributed by atoms with Gasteiger partial charge in [-0.3, -0.25) is 4.79 Å². The van der Waals surface area contributed by atoms with Crippen LogP contribution in [0.3, 0.4) is 0 Å². The number of aromatic nitrogens is 4. The number of ether oxygens (including phenoxy) is 1. The van der Waals surface area contributed by atoms with Gasteiger partial charge in [0.1, 0.15) is 24.1 Å². The number of carbonyl (C=O) groups excluding carboxylic acids is 1. The van der Waals surface area contributed by atoms with Gasteiger partial charge in [0.15, 0.2) is 11.5 Å². The molecule has 1 aliphatic heterocycles. The average molecular weight is 320 g/mol. The molecular weight excluding hydrogens is 300 g/mol. The smallest absolute Gasteiger partial charge is 0.248 e. The molecule has 0 aromatic carbocycles. The number of piperidine rings is 1. The third kappa shape index (κ3) is 2.73. The predicted octanol–water partition coefficient (Wildman–Crippen LogP) is -0.421. The van der Waals surface area contributed by atoms with Crippen molar-refractivity contribution in [1.29, 1.82) is 0 Å². The fraction of sp³-hybridized carbons (Fsp3) is 0.571. The van der Waals surface area contributed by atoms with Crippen molar-refractivity contribution in [2.45, 2.75) is 25.0 Å². The van der Waals surface area contributed by atoms with E-state index in [1.807, 2.05) is 4.57 Å². The second-order valence-electron chi connectivity index (χ2n) is 5.99. The zero-order valence-corrected chi connectivity index (χ0v) is 13.1. The third-order valence-electron chi connectivity index (χ3n) is 4.24. The lowest BCUT2D eigenvalue weighted by atomic mass is 9.88. The molecule has 2 aromatic rings. The van der Waals surface area contributed by atoms with E-state index >= 15 is 0 Å². The van der Waals surface area contributed by atoms with E-state index in [2.05, 4.69) is 15.0 Å². The van der Waals surface area contributed by atoms with Crippen LogP contribution in [0.15, 0.2) is 12.7 Å². The monoisotopic (exact) mass is 320 g/mol. The van der Waals surface area contributed by atoms with Crippen LogP contribution in [0.5, 0.6) is 0 Å². The molecule has 0 aliphatic carbocycles. The first kappa shape index (κ1) is 15.6. The zero-order valence-electron chi connectivity index (χ0n) is 13.1. The van der Waals surface area contributed by atoms with Crippen LogP contribution in [0, 0.1) is 0 Å². The summed E-state index contributed by atoms with van der Waals surface area (Å²) in [4.78, 5) is 26.0. The topological polar surface area (TPSA) is 119 Å². The molecule has 0 unspecified atom stereocenters.